The first-order chi connectivity index (χ1) is 11.5. The number of anilines is 1. The van der Waals surface area contributed by atoms with Crippen LogP contribution in [0.15, 0.2) is 42.5 Å². The molecule has 0 saturated carbocycles. The van der Waals surface area contributed by atoms with Gasteiger partial charge in [-0.25, -0.2) is 0 Å². The highest BCUT2D eigenvalue weighted by molar-refractivity contribution is 5.96. The average Bonchev–Trinajstić information content (AvgIpc) is 2.53. The maximum Gasteiger partial charge on any atom is 0.230 e. The van der Waals surface area contributed by atoms with Gasteiger partial charge in [0.1, 0.15) is 19.1 Å². The van der Waals surface area contributed by atoms with Gasteiger partial charge in [0.2, 0.25) is 5.91 Å². The zero-order chi connectivity index (χ0) is 17.5. The number of likely N-dealkylation sites (N-methyl/N-ethyl adjacent to an activating group) is 1. The lowest BCUT2D eigenvalue weighted by Gasteiger charge is -2.17. The van der Waals surface area contributed by atoms with Crippen molar-refractivity contribution in [2.45, 2.75) is 12.5 Å². The number of rotatable bonds is 8. The van der Waals surface area contributed by atoms with Crippen LogP contribution in [-0.2, 0) is 9.59 Å². The van der Waals surface area contributed by atoms with Gasteiger partial charge in [-0.1, -0.05) is 30.3 Å². The van der Waals surface area contributed by atoms with E-state index < -0.39 is 12.0 Å². The van der Waals surface area contributed by atoms with Crippen molar-refractivity contribution in [3.63, 3.8) is 0 Å². The molecule has 0 saturated heterocycles. The van der Waals surface area contributed by atoms with Crippen LogP contribution < -0.4 is 20.6 Å². The van der Waals surface area contributed by atoms with Crippen molar-refractivity contribution in [1.82, 2.24) is 0 Å². The number of fused-ring (bicyclic) bond motifs is 1. The molecule has 0 unspecified atom stereocenters. The van der Waals surface area contributed by atoms with Crippen molar-refractivity contribution in [3.05, 3.63) is 42.5 Å². The van der Waals surface area contributed by atoms with E-state index in [0.29, 0.717) is 12.2 Å². The third-order valence-corrected chi connectivity index (χ3v) is 3.84. The van der Waals surface area contributed by atoms with Crippen LogP contribution in [0.5, 0.6) is 0 Å². The summed E-state index contributed by atoms with van der Waals surface area (Å²) in [5.74, 6) is -1.54. The summed E-state index contributed by atoms with van der Waals surface area (Å²) < 4.78 is 0. The molecule has 0 aliphatic heterocycles. The summed E-state index contributed by atoms with van der Waals surface area (Å²) in [6.07, 6.45) is -0.113. The summed E-state index contributed by atoms with van der Waals surface area (Å²) in [7, 11) is 3.99. The average molecular weight is 330 g/mol. The maximum atomic E-state index is 12.1. The number of nitrogens with one attached hydrogen (secondary N) is 2. The smallest absolute Gasteiger partial charge is 0.230 e. The van der Waals surface area contributed by atoms with Gasteiger partial charge in [-0.05, 0) is 22.9 Å². The summed E-state index contributed by atoms with van der Waals surface area (Å²) in [5, 5.41) is 17.7. The number of hydrogen-bond acceptors (Lipinski definition) is 3. The number of amides is 1. The minimum atomic E-state index is -1.21. The largest absolute Gasteiger partial charge is 0.544 e. The molecule has 2 aromatic rings. The Morgan fingerprint density at radius 2 is 1.88 bits per heavy atom. The number of carboxylic acids is 1. The van der Waals surface area contributed by atoms with Gasteiger partial charge < -0.3 is 25.4 Å². The van der Waals surface area contributed by atoms with E-state index in [0.717, 1.165) is 17.3 Å². The molecule has 0 heterocycles. The quantitative estimate of drug-likeness (QED) is 0.523. The Hall–Kier alpha value is -2.44. The Bertz CT molecular complexity index is 715. The summed E-state index contributed by atoms with van der Waals surface area (Å²) in [6.45, 7) is 1.44. The summed E-state index contributed by atoms with van der Waals surface area (Å²) in [6, 6.07) is 12.6. The van der Waals surface area contributed by atoms with Crippen LogP contribution in [0, 0.1) is 0 Å². The van der Waals surface area contributed by atoms with Gasteiger partial charge in [0.25, 0.3) is 0 Å². The van der Waals surface area contributed by atoms with Gasteiger partial charge in [-0.15, -0.1) is 0 Å². The van der Waals surface area contributed by atoms with Crippen LogP contribution in [0.25, 0.3) is 10.8 Å². The van der Waals surface area contributed by atoms with E-state index in [1.165, 1.54) is 4.90 Å². The lowest BCUT2D eigenvalue weighted by atomic mass is 10.1. The van der Waals surface area contributed by atoms with Crippen LogP contribution >= 0.6 is 0 Å². The molecule has 0 bridgehead atoms. The first kappa shape index (κ1) is 17.9. The number of carbonyl (C=O) groups excluding carboxylic acids is 2. The molecule has 0 radical (unpaired) electrons. The zero-order valence-electron chi connectivity index (χ0n) is 14.0. The molecule has 0 aliphatic carbocycles. The first-order valence-electron chi connectivity index (χ1n) is 8.07. The maximum absolute atomic E-state index is 12.1. The number of hydrogen-bond donors (Lipinski definition) is 3. The van der Waals surface area contributed by atoms with Gasteiger partial charge in [-0.2, -0.15) is 0 Å². The van der Waals surface area contributed by atoms with Crippen molar-refractivity contribution >= 4 is 28.3 Å². The third-order valence-electron chi connectivity index (χ3n) is 3.84. The molecule has 0 aromatic heterocycles. The number of nitrogens with two attached hydrogens (primary N) is 1. The first-order valence-corrected chi connectivity index (χ1v) is 8.07. The van der Waals surface area contributed by atoms with Crippen molar-refractivity contribution in [2.75, 3.05) is 32.5 Å². The second kappa shape index (κ2) is 8.42. The fraction of sp³-hybridized carbons (Fsp3) is 0.333. The van der Waals surface area contributed by atoms with E-state index in [1.54, 1.807) is 5.32 Å². The molecule has 0 spiro atoms. The van der Waals surface area contributed by atoms with Gasteiger partial charge in [0.15, 0.2) is 0 Å². The van der Waals surface area contributed by atoms with Crippen LogP contribution in [0.4, 0.5) is 5.69 Å². The van der Waals surface area contributed by atoms with Gasteiger partial charge in [0, 0.05) is 5.69 Å². The Labute approximate surface area is 141 Å². The molecular weight excluding hydrogens is 306 g/mol. The Balaban J connectivity index is 1.95. The molecule has 0 aliphatic rings. The SMILES string of the molecule is C[NH+](C)CC[NH2+][C@@H](CC(=O)Nc1ccc2ccccc2c1)C(=O)[O-]. The monoisotopic (exact) mass is 330 g/mol. The van der Waals surface area contributed by atoms with E-state index in [4.69, 9.17) is 0 Å². The van der Waals surface area contributed by atoms with Crippen LogP contribution in [-0.4, -0.2) is 45.1 Å². The highest BCUT2D eigenvalue weighted by Gasteiger charge is 2.18. The van der Waals surface area contributed by atoms with Gasteiger partial charge in [0.05, 0.1) is 26.5 Å². The fourth-order valence-electron chi connectivity index (χ4n) is 2.51. The Morgan fingerprint density at radius 1 is 1.17 bits per heavy atom. The topological polar surface area (TPSA) is 90.3 Å². The van der Waals surface area contributed by atoms with Gasteiger partial charge >= 0.3 is 0 Å². The highest BCUT2D eigenvalue weighted by atomic mass is 16.4. The molecule has 1 atom stereocenters. The lowest BCUT2D eigenvalue weighted by Crippen LogP contribution is -3.10. The molecule has 2 aromatic carbocycles. The number of carboxylic acid groups (broad SMARTS) is 1. The molecule has 24 heavy (non-hydrogen) atoms. The fourth-order valence-corrected chi connectivity index (χ4v) is 2.51. The number of carbonyl (C=O) groups is 2. The zero-order valence-corrected chi connectivity index (χ0v) is 14.0. The summed E-state index contributed by atoms with van der Waals surface area (Å²) in [4.78, 5) is 24.6. The molecule has 6 heteroatoms. The lowest BCUT2D eigenvalue weighted by molar-refractivity contribution is -0.876. The van der Waals surface area contributed by atoms with E-state index in [9.17, 15) is 14.7 Å². The molecule has 1 amide bonds. The van der Waals surface area contributed by atoms with E-state index in [-0.39, 0.29) is 12.3 Å². The predicted octanol–water partition coefficient (Wildman–Crippen LogP) is -2.01. The van der Waals surface area contributed by atoms with E-state index >= 15 is 0 Å². The predicted molar refractivity (Wildman–Crippen MR) is 90.5 cm³/mol. The molecule has 6 nitrogen and oxygen atoms in total. The van der Waals surface area contributed by atoms with Crippen molar-refractivity contribution in [2.24, 2.45) is 0 Å². The molecule has 128 valence electrons. The molecular formula is C18H24N3O3+. The summed E-state index contributed by atoms with van der Waals surface area (Å²) >= 11 is 0. The van der Waals surface area contributed by atoms with Crippen molar-refractivity contribution in [3.8, 4) is 0 Å². The number of quaternary nitrogens is 2. The summed E-state index contributed by atoms with van der Waals surface area (Å²) in [5.41, 5.74) is 0.661. The second-order valence-corrected chi connectivity index (χ2v) is 6.22. The van der Waals surface area contributed by atoms with Crippen LogP contribution in [0.3, 0.4) is 0 Å². The van der Waals surface area contributed by atoms with Crippen molar-refractivity contribution in [1.29, 1.82) is 0 Å². The number of benzene rings is 2. The van der Waals surface area contributed by atoms with Crippen LogP contribution in [0.2, 0.25) is 0 Å². The minimum Gasteiger partial charge on any atom is -0.544 e. The van der Waals surface area contributed by atoms with Crippen molar-refractivity contribution < 1.29 is 24.9 Å². The second-order valence-electron chi connectivity index (χ2n) is 6.22. The minimum absolute atomic E-state index is 0.113. The number of aliphatic carboxylic acids is 1. The van der Waals surface area contributed by atoms with E-state index in [2.05, 4.69) is 5.32 Å². The third kappa shape index (κ3) is 5.33. The standard InChI is InChI=1S/C18H23N3O3/c1-21(2)10-9-19-16(18(23)24)12-17(22)20-15-8-7-13-5-3-4-6-14(13)11-15/h3-8,11,16,19H,9-10,12H2,1-2H3,(H,20,22)(H,23,24)/p+1/t16-/m0/s1. The van der Waals surface area contributed by atoms with Gasteiger partial charge in [-0.3, -0.25) is 4.79 Å². The highest BCUT2D eigenvalue weighted by Crippen LogP contribution is 2.18. The normalized spacial score (nSPS) is 12.3. The van der Waals surface area contributed by atoms with Crippen LogP contribution in [0.1, 0.15) is 6.42 Å². The molecule has 0 fully saturated rings. The van der Waals surface area contributed by atoms with E-state index in [1.807, 2.05) is 56.6 Å². The Kier molecular flexibility index (Phi) is 6.28. The molecule has 2 rings (SSSR count). The Morgan fingerprint density at radius 3 is 2.54 bits per heavy atom. The molecule has 4 N–H and O–H groups in total.